The normalized spacial score (nSPS) is 15.6. The molecule has 3 rings (SSSR count). The van der Waals surface area contributed by atoms with Gasteiger partial charge in [-0.15, -0.1) is 17.5 Å². The van der Waals surface area contributed by atoms with Gasteiger partial charge in [-0.25, -0.2) is 4.68 Å². The van der Waals surface area contributed by atoms with Gasteiger partial charge in [-0.1, -0.05) is 30.5 Å². The molecule has 1 aliphatic carbocycles. The number of hydrogen-bond donors (Lipinski definition) is 2. The van der Waals surface area contributed by atoms with Crippen molar-refractivity contribution >= 4 is 24.0 Å². The van der Waals surface area contributed by atoms with Crippen LogP contribution in [0.5, 0.6) is 0 Å². The number of nitro benzene ring substituents is 1. The van der Waals surface area contributed by atoms with Crippen molar-refractivity contribution in [1.82, 2.24) is 20.3 Å². The summed E-state index contributed by atoms with van der Waals surface area (Å²) in [6.07, 6.45) is 7.17. The third kappa shape index (κ3) is 5.01. The predicted octanol–water partition coefficient (Wildman–Crippen LogP) is 2.23. The van der Waals surface area contributed by atoms with E-state index in [-0.39, 0.29) is 35.7 Å². The van der Waals surface area contributed by atoms with E-state index in [9.17, 15) is 14.9 Å². The monoisotopic (exact) mass is 394 g/mol. The van der Waals surface area contributed by atoms with Crippen molar-refractivity contribution in [3.05, 3.63) is 46.3 Å². The molecule has 2 aromatic rings. The van der Waals surface area contributed by atoms with Crippen molar-refractivity contribution in [1.29, 1.82) is 0 Å². The molecule has 27 heavy (non-hydrogen) atoms. The van der Waals surface area contributed by atoms with Gasteiger partial charge in [0.1, 0.15) is 0 Å². The van der Waals surface area contributed by atoms with Crippen LogP contribution >= 0.6 is 12.4 Å². The molecule has 9 nitrogen and oxygen atoms in total. The minimum absolute atomic E-state index is 0. The molecule has 1 fully saturated rings. The predicted molar refractivity (Wildman–Crippen MR) is 102 cm³/mol. The van der Waals surface area contributed by atoms with Gasteiger partial charge >= 0.3 is 0 Å². The molecule has 0 saturated heterocycles. The van der Waals surface area contributed by atoms with E-state index < -0.39 is 4.92 Å². The smallest absolute Gasteiger partial charge is 0.273 e. The first kappa shape index (κ1) is 20.8. The van der Waals surface area contributed by atoms with Crippen LogP contribution in [0.25, 0.3) is 5.69 Å². The zero-order chi connectivity index (χ0) is 18.5. The van der Waals surface area contributed by atoms with E-state index in [2.05, 4.69) is 15.6 Å². The van der Waals surface area contributed by atoms with Gasteiger partial charge in [0.15, 0.2) is 5.69 Å². The van der Waals surface area contributed by atoms with E-state index in [0.717, 1.165) is 12.8 Å². The molecular weight excluding hydrogens is 372 g/mol. The van der Waals surface area contributed by atoms with Crippen molar-refractivity contribution < 1.29 is 9.72 Å². The largest absolute Gasteiger partial charge is 0.346 e. The lowest BCUT2D eigenvalue weighted by atomic mass is 9.84. The van der Waals surface area contributed by atoms with Crippen LogP contribution in [-0.4, -0.2) is 38.4 Å². The number of nitrogens with two attached hydrogens (primary N) is 1. The average molecular weight is 395 g/mol. The van der Waals surface area contributed by atoms with Gasteiger partial charge in [0.05, 0.1) is 16.8 Å². The summed E-state index contributed by atoms with van der Waals surface area (Å²) in [5, 5.41) is 21.6. The molecule has 0 bridgehead atoms. The molecular formula is C17H23ClN6O3. The lowest BCUT2D eigenvalue weighted by Crippen LogP contribution is -2.46. The Kier molecular flexibility index (Phi) is 7.26. The van der Waals surface area contributed by atoms with Gasteiger partial charge in [0.2, 0.25) is 0 Å². The van der Waals surface area contributed by atoms with Crippen molar-refractivity contribution in [3.63, 3.8) is 0 Å². The second-order valence-electron chi connectivity index (χ2n) is 6.54. The molecule has 1 aromatic heterocycles. The highest BCUT2D eigenvalue weighted by Gasteiger charge is 2.25. The molecule has 0 radical (unpaired) electrons. The zero-order valence-corrected chi connectivity index (χ0v) is 15.6. The molecule has 3 N–H and O–H groups in total. The number of rotatable bonds is 6. The number of hydrogen-bond acceptors (Lipinski definition) is 6. The fraction of sp³-hybridized carbons (Fsp3) is 0.471. The number of non-ortho nitro benzene ring substituents is 1. The molecule has 146 valence electrons. The van der Waals surface area contributed by atoms with Crippen LogP contribution < -0.4 is 11.1 Å². The Labute approximate surface area is 162 Å². The maximum Gasteiger partial charge on any atom is 0.273 e. The first-order chi connectivity index (χ1) is 12.6. The first-order valence-electron chi connectivity index (χ1n) is 8.76. The third-order valence-electron chi connectivity index (χ3n) is 4.82. The van der Waals surface area contributed by atoms with E-state index in [4.69, 9.17) is 5.73 Å². The molecule has 1 aliphatic rings. The van der Waals surface area contributed by atoms with Gasteiger partial charge < -0.3 is 11.1 Å². The molecule has 1 heterocycles. The number of carbonyl (C=O) groups excluding carboxylic acids is 1. The summed E-state index contributed by atoms with van der Waals surface area (Å²) in [6.45, 7) is 0.384. The quantitative estimate of drug-likeness (QED) is 0.570. The fourth-order valence-electron chi connectivity index (χ4n) is 3.39. The van der Waals surface area contributed by atoms with E-state index >= 15 is 0 Å². The molecule has 1 saturated carbocycles. The van der Waals surface area contributed by atoms with E-state index in [1.165, 1.54) is 42.3 Å². The standard InChI is InChI=1S/C17H22N6O3.ClH/c18-10-15(12-5-2-1-3-6-12)19-17(24)16-11-22(21-20-16)13-7-4-8-14(9-13)23(25)26;/h4,7-9,11-12,15H,1-3,5-6,10,18H2,(H,19,24);1H. The number of benzene rings is 1. The van der Waals surface area contributed by atoms with Crippen LogP contribution in [0.1, 0.15) is 42.6 Å². The summed E-state index contributed by atoms with van der Waals surface area (Å²) < 4.78 is 1.35. The highest BCUT2D eigenvalue weighted by Crippen LogP contribution is 2.26. The maximum absolute atomic E-state index is 12.5. The number of nitrogens with one attached hydrogen (secondary N) is 1. The van der Waals surface area contributed by atoms with Crippen LogP contribution in [-0.2, 0) is 0 Å². The van der Waals surface area contributed by atoms with Crippen molar-refractivity contribution in [2.45, 2.75) is 38.1 Å². The lowest BCUT2D eigenvalue weighted by Gasteiger charge is -2.29. The molecule has 0 spiro atoms. The van der Waals surface area contributed by atoms with Crippen molar-refractivity contribution in [2.24, 2.45) is 11.7 Å². The summed E-state index contributed by atoms with van der Waals surface area (Å²) in [4.78, 5) is 22.9. The molecule has 0 aliphatic heterocycles. The minimum Gasteiger partial charge on any atom is -0.346 e. The maximum atomic E-state index is 12.5. The molecule has 1 atom stereocenters. The van der Waals surface area contributed by atoms with Gasteiger partial charge in [0, 0.05) is 24.7 Å². The Hall–Kier alpha value is -2.52. The number of halogens is 1. The molecule has 1 unspecified atom stereocenters. The Morgan fingerprint density at radius 3 is 2.78 bits per heavy atom. The van der Waals surface area contributed by atoms with Crippen LogP contribution in [0.4, 0.5) is 5.69 Å². The van der Waals surface area contributed by atoms with Crippen LogP contribution in [0, 0.1) is 16.0 Å². The number of nitro groups is 1. The van der Waals surface area contributed by atoms with Crippen LogP contribution in [0.15, 0.2) is 30.5 Å². The molecule has 1 aromatic carbocycles. The van der Waals surface area contributed by atoms with E-state index in [1.54, 1.807) is 12.1 Å². The number of aromatic nitrogens is 3. The topological polar surface area (TPSA) is 129 Å². The second-order valence-corrected chi connectivity index (χ2v) is 6.54. The van der Waals surface area contributed by atoms with Gasteiger partial charge in [-0.3, -0.25) is 14.9 Å². The Morgan fingerprint density at radius 2 is 2.11 bits per heavy atom. The summed E-state index contributed by atoms with van der Waals surface area (Å²) >= 11 is 0. The fourth-order valence-corrected chi connectivity index (χ4v) is 3.39. The van der Waals surface area contributed by atoms with Crippen molar-refractivity contribution in [3.8, 4) is 5.69 Å². The molecule has 1 amide bonds. The Balaban J connectivity index is 0.00000261. The first-order valence-corrected chi connectivity index (χ1v) is 8.76. The van der Waals surface area contributed by atoms with Crippen molar-refractivity contribution in [2.75, 3.05) is 6.54 Å². The van der Waals surface area contributed by atoms with E-state index in [1.807, 2.05) is 0 Å². The third-order valence-corrected chi connectivity index (χ3v) is 4.82. The van der Waals surface area contributed by atoms with Gasteiger partial charge in [-0.2, -0.15) is 0 Å². The average Bonchev–Trinajstić information content (AvgIpc) is 3.17. The van der Waals surface area contributed by atoms with Gasteiger partial charge in [0.25, 0.3) is 11.6 Å². The lowest BCUT2D eigenvalue weighted by molar-refractivity contribution is -0.384. The SMILES string of the molecule is Cl.NCC(NC(=O)c1cn(-c2cccc([N+](=O)[O-])c2)nn1)C1CCCCC1. The number of nitrogens with zero attached hydrogens (tertiary/aromatic N) is 4. The van der Waals surface area contributed by atoms with Crippen LogP contribution in [0.2, 0.25) is 0 Å². The number of carbonyl (C=O) groups is 1. The Bertz CT molecular complexity index is 790. The van der Waals surface area contributed by atoms with Gasteiger partial charge in [-0.05, 0) is 24.8 Å². The molecule has 10 heteroatoms. The summed E-state index contributed by atoms with van der Waals surface area (Å²) in [5.74, 6) is 0.0622. The van der Waals surface area contributed by atoms with E-state index in [0.29, 0.717) is 18.2 Å². The van der Waals surface area contributed by atoms with Crippen LogP contribution in [0.3, 0.4) is 0 Å². The summed E-state index contributed by atoms with van der Waals surface area (Å²) in [5.41, 5.74) is 6.42. The zero-order valence-electron chi connectivity index (χ0n) is 14.8. The number of amides is 1. The second kappa shape index (κ2) is 9.43. The Morgan fingerprint density at radius 1 is 1.37 bits per heavy atom. The summed E-state index contributed by atoms with van der Waals surface area (Å²) in [7, 11) is 0. The summed E-state index contributed by atoms with van der Waals surface area (Å²) in [6, 6.07) is 5.91. The highest BCUT2D eigenvalue weighted by atomic mass is 35.5. The minimum atomic E-state index is -0.482. The highest BCUT2D eigenvalue weighted by molar-refractivity contribution is 5.92.